The van der Waals surface area contributed by atoms with E-state index < -0.39 is 29.4 Å². The van der Waals surface area contributed by atoms with Gasteiger partial charge in [0.2, 0.25) is 5.91 Å². The van der Waals surface area contributed by atoms with E-state index in [-0.39, 0.29) is 23.7 Å². The Labute approximate surface area is 184 Å². The van der Waals surface area contributed by atoms with Crippen LogP contribution in [0.25, 0.3) is 11.7 Å². The number of amides is 1. The molecule has 174 valence electrons. The lowest BCUT2D eigenvalue weighted by atomic mass is 9.97. The fraction of sp³-hybridized carbons (Fsp3) is 0.318. The molecule has 0 saturated carbocycles. The molecule has 0 spiro atoms. The van der Waals surface area contributed by atoms with Crippen LogP contribution in [-0.2, 0) is 17.1 Å². The summed E-state index contributed by atoms with van der Waals surface area (Å²) >= 11 is 0. The van der Waals surface area contributed by atoms with Crippen molar-refractivity contribution in [2.24, 2.45) is 0 Å². The van der Waals surface area contributed by atoms with Crippen LogP contribution in [0.5, 0.6) is 0 Å². The van der Waals surface area contributed by atoms with Crippen LogP contribution in [0.15, 0.2) is 48.7 Å². The molecule has 4 rings (SSSR count). The molecular formula is C22H18F6N4O. The second-order valence-electron chi connectivity index (χ2n) is 7.78. The number of alkyl halides is 6. The Morgan fingerprint density at radius 2 is 1.76 bits per heavy atom. The van der Waals surface area contributed by atoms with Gasteiger partial charge in [-0.05, 0) is 48.7 Å². The smallest absolute Gasteiger partial charge is 0.338 e. The van der Waals surface area contributed by atoms with Gasteiger partial charge >= 0.3 is 12.4 Å². The van der Waals surface area contributed by atoms with Gasteiger partial charge in [0.05, 0.1) is 11.1 Å². The third kappa shape index (κ3) is 5.01. The molecule has 0 radical (unpaired) electrons. The lowest BCUT2D eigenvalue weighted by molar-refractivity contribution is -0.138. The Morgan fingerprint density at radius 3 is 2.48 bits per heavy atom. The lowest BCUT2D eigenvalue weighted by Crippen LogP contribution is -2.38. The first-order chi connectivity index (χ1) is 15.5. The van der Waals surface area contributed by atoms with E-state index in [1.54, 1.807) is 0 Å². The Balaban J connectivity index is 1.51. The van der Waals surface area contributed by atoms with Crippen molar-refractivity contribution in [3.05, 3.63) is 71.2 Å². The van der Waals surface area contributed by atoms with E-state index in [1.807, 2.05) is 0 Å². The monoisotopic (exact) mass is 468 g/mol. The number of likely N-dealkylation sites (tertiary alicyclic amines) is 1. The maximum Gasteiger partial charge on any atom is 0.417 e. The minimum absolute atomic E-state index is 0.211. The first-order valence-electron chi connectivity index (χ1n) is 10.1. The van der Waals surface area contributed by atoms with Crippen molar-refractivity contribution >= 4 is 17.6 Å². The topological polar surface area (TPSA) is 50.5 Å². The minimum atomic E-state index is -4.52. The number of carbonyl (C=O) groups excluding carboxylic acids is 1. The summed E-state index contributed by atoms with van der Waals surface area (Å²) in [7, 11) is 0. The summed E-state index contributed by atoms with van der Waals surface area (Å²) in [5, 5.41) is 7.97. The second kappa shape index (κ2) is 8.53. The molecule has 11 heteroatoms. The van der Waals surface area contributed by atoms with Crippen molar-refractivity contribution in [3.63, 3.8) is 0 Å². The number of aromatic nitrogens is 3. The summed E-state index contributed by atoms with van der Waals surface area (Å²) in [6.45, 7) is 0.635. The summed E-state index contributed by atoms with van der Waals surface area (Å²) in [6.07, 6.45) is -4.34. The lowest BCUT2D eigenvalue weighted by Gasteiger charge is -2.31. The normalized spacial score (nSPS) is 17.8. The number of nitrogens with zero attached hydrogens (tertiary/aromatic N) is 4. The summed E-state index contributed by atoms with van der Waals surface area (Å²) in [5.41, 5.74) is -1.14. The predicted octanol–water partition coefficient (Wildman–Crippen LogP) is 5.19. The number of halogens is 6. The Bertz CT molecular complexity index is 1200. The van der Waals surface area contributed by atoms with Gasteiger partial charge in [-0.3, -0.25) is 9.20 Å². The fourth-order valence-corrected chi connectivity index (χ4v) is 3.83. The van der Waals surface area contributed by atoms with E-state index in [9.17, 15) is 31.1 Å². The molecule has 0 N–H and O–H groups in total. The largest absolute Gasteiger partial charge is 0.417 e. The van der Waals surface area contributed by atoms with Gasteiger partial charge in [0, 0.05) is 31.3 Å². The molecule has 3 heterocycles. The average Bonchev–Trinajstić information content (AvgIpc) is 3.20. The van der Waals surface area contributed by atoms with Gasteiger partial charge in [-0.15, -0.1) is 10.2 Å². The van der Waals surface area contributed by atoms with Crippen LogP contribution in [0, 0.1) is 0 Å². The molecule has 1 fully saturated rings. The maximum atomic E-state index is 13.1. The van der Waals surface area contributed by atoms with E-state index in [0.717, 1.165) is 24.4 Å². The van der Waals surface area contributed by atoms with Gasteiger partial charge < -0.3 is 4.90 Å². The molecule has 5 nitrogen and oxygen atoms in total. The molecule has 0 aliphatic carbocycles. The molecule has 2 aromatic heterocycles. The number of pyridine rings is 1. The molecule has 3 aromatic rings. The van der Waals surface area contributed by atoms with E-state index >= 15 is 0 Å². The van der Waals surface area contributed by atoms with Gasteiger partial charge in [-0.2, -0.15) is 26.3 Å². The first-order valence-corrected chi connectivity index (χ1v) is 10.1. The quantitative estimate of drug-likeness (QED) is 0.393. The molecule has 1 atom stereocenters. The highest BCUT2D eigenvalue weighted by atomic mass is 19.4. The number of rotatable bonds is 3. The van der Waals surface area contributed by atoms with Gasteiger partial charge in [-0.25, -0.2) is 0 Å². The summed E-state index contributed by atoms with van der Waals surface area (Å²) in [6, 6.07) is 6.78. The van der Waals surface area contributed by atoms with Crippen LogP contribution in [0.1, 0.15) is 41.3 Å². The van der Waals surface area contributed by atoms with Crippen LogP contribution in [0.2, 0.25) is 0 Å². The Morgan fingerprint density at radius 1 is 1.00 bits per heavy atom. The molecular weight excluding hydrogens is 450 g/mol. The Hall–Kier alpha value is -3.37. The molecule has 1 saturated heterocycles. The van der Waals surface area contributed by atoms with Crippen molar-refractivity contribution in [1.29, 1.82) is 0 Å². The summed E-state index contributed by atoms with van der Waals surface area (Å²) in [5.74, 6) is -0.402. The SMILES string of the molecule is O=C(/C=C/c1cccc(C(F)(F)F)c1)N1CCCC(c2nnc3ccc(C(F)(F)F)cn23)C1. The zero-order valence-electron chi connectivity index (χ0n) is 17.1. The third-order valence-corrected chi connectivity index (χ3v) is 5.49. The van der Waals surface area contributed by atoms with Gasteiger partial charge in [-0.1, -0.05) is 12.1 Å². The van der Waals surface area contributed by atoms with Gasteiger partial charge in [0.1, 0.15) is 5.82 Å². The molecule has 1 aliphatic rings. The van der Waals surface area contributed by atoms with E-state index in [4.69, 9.17) is 0 Å². The van der Waals surface area contributed by atoms with Gasteiger partial charge in [0.15, 0.2) is 5.65 Å². The fourth-order valence-electron chi connectivity index (χ4n) is 3.83. The molecule has 33 heavy (non-hydrogen) atoms. The van der Waals surface area contributed by atoms with E-state index in [1.165, 1.54) is 39.7 Å². The summed E-state index contributed by atoms with van der Waals surface area (Å²) < 4.78 is 79.2. The molecule has 1 aromatic carbocycles. The predicted molar refractivity (Wildman–Crippen MR) is 107 cm³/mol. The molecule has 1 amide bonds. The van der Waals surface area contributed by atoms with Crippen molar-refractivity contribution in [3.8, 4) is 0 Å². The van der Waals surface area contributed by atoms with Crippen molar-refractivity contribution in [1.82, 2.24) is 19.5 Å². The summed E-state index contributed by atoms with van der Waals surface area (Å²) in [4.78, 5) is 14.1. The molecule has 1 aliphatic heterocycles. The van der Waals surface area contributed by atoms with Crippen molar-refractivity contribution in [2.45, 2.75) is 31.1 Å². The first kappa shape index (κ1) is 22.8. The third-order valence-electron chi connectivity index (χ3n) is 5.49. The number of carbonyl (C=O) groups is 1. The standard InChI is InChI=1S/C22H18F6N4O/c23-21(24,25)16-5-1-3-14(11-16)6-9-19(33)31-10-2-4-15(12-31)20-30-29-18-8-7-17(13-32(18)20)22(26,27)28/h1,3,5-9,11,13,15H,2,4,10,12H2/b9-6+. The number of benzene rings is 1. The van der Waals surface area contributed by atoms with Crippen molar-refractivity contribution < 1.29 is 31.1 Å². The number of fused-ring (bicyclic) bond motifs is 1. The Kier molecular flexibility index (Phi) is 5.89. The zero-order chi connectivity index (χ0) is 23.8. The molecule has 0 bridgehead atoms. The number of hydrogen-bond acceptors (Lipinski definition) is 3. The van der Waals surface area contributed by atoms with Crippen LogP contribution in [0.4, 0.5) is 26.3 Å². The minimum Gasteiger partial charge on any atom is -0.338 e. The van der Waals surface area contributed by atoms with Gasteiger partial charge in [0.25, 0.3) is 0 Å². The maximum absolute atomic E-state index is 13.1. The second-order valence-corrected chi connectivity index (χ2v) is 7.78. The van der Waals surface area contributed by atoms with Crippen LogP contribution in [-0.4, -0.2) is 38.5 Å². The van der Waals surface area contributed by atoms with E-state index in [0.29, 0.717) is 25.2 Å². The van der Waals surface area contributed by atoms with Crippen molar-refractivity contribution in [2.75, 3.05) is 13.1 Å². The van der Waals surface area contributed by atoms with E-state index in [2.05, 4.69) is 10.2 Å². The number of piperidine rings is 1. The molecule has 1 unspecified atom stereocenters. The number of hydrogen-bond donors (Lipinski definition) is 0. The highest BCUT2D eigenvalue weighted by molar-refractivity contribution is 5.91. The highest BCUT2D eigenvalue weighted by Gasteiger charge is 2.33. The van der Waals surface area contributed by atoms with Crippen LogP contribution in [0.3, 0.4) is 0 Å². The van der Waals surface area contributed by atoms with Crippen LogP contribution >= 0.6 is 0 Å². The average molecular weight is 468 g/mol. The highest BCUT2D eigenvalue weighted by Crippen LogP contribution is 2.32. The van der Waals surface area contributed by atoms with Crippen LogP contribution < -0.4 is 0 Å². The zero-order valence-corrected chi connectivity index (χ0v) is 17.1.